The lowest BCUT2D eigenvalue weighted by atomic mass is 9.98. The molecule has 1 aromatic rings. The van der Waals surface area contributed by atoms with Crippen LogP contribution in [0.3, 0.4) is 0 Å². The van der Waals surface area contributed by atoms with Gasteiger partial charge in [0.15, 0.2) is 11.5 Å². The van der Waals surface area contributed by atoms with Crippen molar-refractivity contribution in [2.75, 3.05) is 21.3 Å². The molecule has 0 spiro atoms. The fourth-order valence-electron chi connectivity index (χ4n) is 4.21. The van der Waals surface area contributed by atoms with Gasteiger partial charge in [0.1, 0.15) is 5.82 Å². The summed E-state index contributed by atoms with van der Waals surface area (Å²) >= 11 is 0. The number of fused-ring (bicyclic) bond motifs is 1. The summed E-state index contributed by atoms with van der Waals surface area (Å²) in [6, 6.07) is 3.29. The van der Waals surface area contributed by atoms with Crippen molar-refractivity contribution in [3.05, 3.63) is 23.5 Å². The number of nitrogens with one attached hydrogen (secondary N) is 1. The monoisotopic (exact) mass is 293 g/mol. The van der Waals surface area contributed by atoms with Gasteiger partial charge in [0.25, 0.3) is 0 Å². The van der Waals surface area contributed by atoms with E-state index in [9.17, 15) is 4.39 Å². The van der Waals surface area contributed by atoms with E-state index in [1.54, 1.807) is 13.2 Å². The van der Waals surface area contributed by atoms with E-state index >= 15 is 0 Å². The Kier molecular flexibility index (Phi) is 4.07. The minimum atomic E-state index is -0.212. The Morgan fingerprint density at radius 1 is 1.10 bits per heavy atom. The number of ether oxygens (including phenoxy) is 2. The van der Waals surface area contributed by atoms with Gasteiger partial charge < -0.3 is 14.8 Å². The highest BCUT2D eigenvalue weighted by Gasteiger charge is 2.54. The summed E-state index contributed by atoms with van der Waals surface area (Å²) in [7, 11) is 5.04. The number of halogens is 1. The Labute approximate surface area is 125 Å². The van der Waals surface area contributed by atoms with E-state index in [1.165, 1.54) is 38.9 Å². The normalized spacial score (nSPS) is 28.7. The van der Waals surface area contributed by atoms with E-state index < -0.39 is 0 Å². The van der Waals surface area contributed by atoms with Crippen molar-refractivity contribution in [1.82, 2.24) is 5.32 Å². The number of hydrogen-bond donors (Lipinski definition) is 1. The highest BCUT2D eigenvalue weighted by molar-refractivity contribution is 5.45. The lowest BCUT2D eigenvalue weighted by molar-refractivity contribution is 0.349. The predicted molar refractivity (Wildman–Crippen MR) is 80.2 cm³/mol. The van der Waals surface area contributed by atoms with Crippen molar-refractivity contribution in [3.8, 4) is 11.5 Å². The van der Waals surface area contributed by atoms with Crippen molar-refractivity contribution in [3.63, 3.8) is 0 Å². The average Bonchev–Trinajstić information content (AvgIpc) is 3.23. The zero-order valence-corrected chi connectivity index (χ0v) is 13.0. The minimum absolute atomic E-state index is 0.0675. The topological polar surface area (TPSA) is 30.5 Å². The Balaban J connectivity index is 1.90. The second-order valence-electron chi connectivity index (χ2n) is 6.18. The van der Waals surface area contributed by atoms with Gasteiger partial charge in [-0.2, -0.15) is 0 Å². The molecule has 0 aromatic heterocycles. The minimum Gasteiger partial charge on any atom is -0.493 e. The zero-order chi connectivity index (χ0) is 15.0. The van der Waals surface area contributed by atoms with Gasteiger partial charge in [-0.15, -0.1) is 0 Å². The van der Waals surface area contributed by atoms with Crippen LogP contribution < -0.4 is 14.8 Å². The first kappa shape index (κ1) is 14.6. The maximum Gasteiger partial charge on any atom is 0.163 e. The molecule has 4 heteroatoms. The van der Waals surface area contributed by atoms with Crippen LogP contribution in [0.15, 0.2) is 12.1 Å². The van der Waals surface area contributed by atoms with Gasteiger partial charge in [-0.25, -0.2) is 4.39 Å². The third-order valence-electron chi connectivity index (χ3n) is 5.26. The molecule has 0 bridgehead atoms. The van der Waals surface area contributed by atoms with Crippen molar-refractivity contribution < 1.29 is 13.9 Å². The van der Waals surface area contributed by atoms with Gasteiger partial charge in [-0.3, -0.25) is 0 Å². The molecule has 2 fully saturated rings. The molecule has 2 aliphatic rings. The Morgan fingerprint density at radius 3 is 2.19 bits per heavy atom. The first-order valence-corrected chi connectivity index (χ1v) is 7.80. The standard InChI is InChI=1S/C17H24FNO2/c1-19-17(16-10-6-4-5-7-11(10)16)12-8-14(20-2)15(21-3)9-13(12)18/h8-11,16-17,19H,4-7H2,1-3H3. The molecule has 0 heterocycles. The van der Waals surface area contributed by atoms with E-state index in [-0.39, 0.29) is 11.9 Å². The molecule has 1 N–H and O–H groups in total. The van der Waals surface area contributed by atoms with Gasteiger partial charge in [0, 0.05) is 17.7 Å². The van der Waals surface area contributed by atoms with Crippen LogP contribution in [0, 0.1) is 23.6 Å². The van der Waals surface area contributed by atoms with Crippen LogP contribution in [0.1, 0.15) is 37.3 Å². The molecule has 3 rings (SSSR count). The molecule has 2 aliphatic carbocycles. The summed E-state index contributed by atoms with van der Waals surface area (Å²) in [6.07, 6.45) is 5.23. The quantitative estimate of drug-likeness (QED) is 0.900. The molecule has 3 atom stereocenters. The third-order valence-corrected chi connectivity index (χ3v) is 5.26. The third kappa shape index (κ3) is 2.50. The van der Waals surface area contributed by atoms with Gasteiger partial charge in [0.2, 0.25) is 0 Å². The summed E-state index contributed by atoms with van der Waals surface area (Å²) in [5, 5.41) is 3.33. The van der Waals surface area contributed by atoms with Crippen molar-refractivity contribution in [2.24, 2.45) is 17.8 Å². The average molecular weight is 293 g/mol. The molecule has 0 radical (unpaired) electrons. The highest BCUT2D eigenvalue weighted by atomic mass is 19.1. The van der Waals surface area contributed by atoms with Crippen molar-refractivity contribution >= 4 is 0 Å². The molecule has 21 heavy (non-hydrogen) atoms. The smallest absolute Gasteiger partial charge is 0.163 e. The maximum absolute atomic E-state index is 14.5. The Hall–Kier alpha value is -1.29. The lowest BCUT2D eigenvalue weighted by Crippen LogP contribution is -2.21. The van der Waals surface area contributed by atoms with E-state index in [4.69, 9.17) is 9.47 Å². The molecule has 0 amide bonds. The molecule has 0 aliphatic heterocycles. The molecule has 2 saturated carbocycles. The van der Waals surface area contributed by atoms with Gasteiger partial charge in [-0.1, -0.05) is 12.8 Å². The first-order valence-electron chi connectivity index (χ1n) is 7.80. The van der Waals surface area contributed by atoms with E-state index in [0.29, 0.717) is 23.0 Å². The molecule has 3 unspecified atom stereocenters. The Bertz CT molecular complexity index is 508. The number of methoxy groups -OCH3 is 2. The van der Waals surface area contributed by atoms with E-state index in [2.05, 4.69) is 5.32 Å². The summed E-state index contributed by atoms with van der Waals surface area (Å²) in [4.78, 5) is 0. The summed E-state index contributed by atoms with van der Waals surface area (Å²) in [5.74, 6) is 2.92. The van der Waals surface area contributed by atoms with Gasteiger partial charge in [-0.05, 0) is 43.7 Å². The summed E-state index contributed by atoms with van der Waals surface area (Å²) in [5.41, 5.74) is 0.703. The first-order chi connectivity index (χ1) is 10.2. The van der Waals surface area contributed by atoms with E-state index in [1.807, 2.05) is 7.05 Å². The molecular weight excluding hydrogens is 269 g/mol. The molecular formula is C17H24FNO2. The van der Waals surface area contributed by atoms with Crippen molar-refractivity contribution in [2.45, 2.75) is 31.7 Å². The van der Waals surface area contributed by atoms with Crippen LogP contribution in [-0.4, -0.2) is 21.3 Å². The lowest BCUT2D eigenvalue weighted by Gasteiger charge is -2.20. The summed E-state index contributed by atoms with van der Waals surface area (Å²) < 4.78 is 25.0. The second kappa shape index (κ2) is 5.84. The Morgan fingerprint density at radius 2 is 1.67 bits per heavy atom. The molecule has 0 saturated heterocycles. The fourth-order valence-corrected chi connectivity index (χ4v) is 4.21. The largest absolute Gasteiger partial charge is 0.493 e. The van der Waals surface area contributed by atoms with Crippen LogP contribution in [0.5, 0.6) is 11.5 Å². The fraction of sp³-hybridized carbons (Fsp3) is 0.647. The van der Waals surface area contributed by atoms with Crippen LogP contribution in [-0.2, 0) is 0 Å². The maximum atomic E-state index is 14.5. The molecule has 1 aromatic carbocycles. The number of rotatable bonds is 5. The SMILES string of the molecule is CNC(c1cc(OC)c(OC)cc1F)C1C2CCCCC21. The van der Waals surface area contributed by atoms with Gasteiger partial charge >= 0.3 is 0 Å². The number of hydrogen-bond acceptors (Lipinski definition) is 3. The zero-order valence-electron chi connectivity index (χ0n) is 13.0. The van der Waals surface area contributed by atoms with Crippen molar-refractivity contribution in [1.29, 1.82) is 0 Å². The predicted octanol–water partition coefficient (Wildman–Crippen LogP) is 3.54. The van der Waals surface area contributed by atoms with Crippen LogP contribution >= 0.6 is 0 Å². The second-order valence-corrected chi connectivity index (χ2v) is 6.18. The molecule has 116 valence electrons. The molecule has 3 nitrogen and oxygen atoms in total. The van der Waals surface area contributed by atoms with E-state index in [0.717, 1.165) is 11.8 Å². The van der Waals surface area contributed by atoms with Crippen LogP contribution in [0.25, 0.3) is 0 Å². The highest BCUT2D eigenvalue weighted by Crippen LogP contribution is 2.60. The van der Waals surface area contributed by atoms with Crippen LogP contribution in [0.2, 0.25) is 0 Å². The number of benzene rings is 1. The van der Waals surface area contributed by atoms with Crippen LogP contribution in [0.4, 0.5) is 4.39 Å². The van der Waals surface area contributed by atoms with Gasteiger partial charge in [0.05, 0.1) is 14.2 Å². The summed E-state index contributed by atoms with van der Waals surface area (Å²) in [6.45, 7) is 0.